The average molecular weight is 471 g/mol. The van der Waals surface area contributed by atoms with Crippen LogP contribution in [0.25, 0.3) is 0 Å². The molecular weight excluding hydrogens is 444 g/mol. The predicted molar refractivity (Wildman–Crippen MR) is 127 cm³/mol. The number of aryl methyl sites for hydroxylation is 1. The lowest BCUT2D eigenvalue weighted by molar-refractivity contribution is -0.125. The molecule has 2 fully saturated rings. The maximum absolute atomic E-state index is 13.2. The van der Waals surface area contributed by atoms with E-state index in [2.05, 4.69) is 6.07 Å². The lowest BCUT2D eigenvalue weighted by Crippen LogP contribution is -2.51. The highest BCUT2D eigenvalue weighted by molar-refractivity contribution is 6.30. The smallest absolute Gasteiger partial charge is 0.332 e. The van der Waals surface area contributed by atoms with Crippen molar-refractivity contribution >= 4 is 40.9 Å². The number of nitrogens with zero attached hydrogens (tertiary/aromatic N) is 3. The van der Waals surface area contributed by atoms with Gasteiger partial charge in [0.15, 0.2) is 0 Å². The van der Waals surface area contributed by atoms with Gasteiger partial charge in [0.05, 0.1) is 12.3 Å². The average Bonchev–Trinajstić information content (AvgIpc) is 2.81. The maximum Gasteiger partial charge on any atom is 0.332 e. The number of urea groups is 2. The van der Waals surface area contributed by atoms with Gasteiger partial charge in [0.25, 0.3) is 5.91 Å². The van der Waals surface area contributed by atoms with E-state index < -0.39 is 12.1 Å². The van der Waals surface area contributed by atoms with Gasteiger partial charge in [0.2, 0.25) is 0 Å². The van der Waals surface area contributed by atoms with Gasteiger partial charge in [-0.2, -0.15) is 0 Å². The number of amides is 5. The van der Waals surface area contributed by atoms with Crippen molar-refractivity contribution in [2.75, 3.05) is 42.6 Å². The van der Waals surface area contributed by atoms with Crippen molar-refractivity contribution < 1.29 is 19.1 Å². The summed E-state index contributed by atoms with van der Waals surface area (Å²) in [5.41, 5.74) is 8.92. The lowest BCUT2D eigenvalue weighted by Gasteiger charge is -2.36. The standard InChI is InChI=1S/C24H27ClN4O4/c1-16-13-17(4-9-21(16)28-11-12-33-15-22(28)30)18-3-2-10-27(14-18)24(32)29(23(26)31)20-7-5-19(25)6-8-20/h4-9,13,18H,2-3,10-12,14-15H2,1H3,(H2,26,31). The molecule has 5 amide bonds. The number of anilines is 2. The molecule has 2 aromatic carbocycles. The first kappa shape index (κ1) is 23.1. The van der Waals surface area contributed by atoms with E-state index in [0.29, 0.717) is 37.0 Å². The normalized spacial score (nSPS) is 18.8. The van der Waals surface area contributed by atoms with Gasteiger partial charge in [-0.05, 0) is 61.2 Å². The number of ether oxygens (including phenoxy) is 1. The second-order valence-corrected chi connectivity index (χ2v) is 8.80. The third-order valence-corrected chi connectivity index (χ3v) is 6.41. The van der Waals surface area contributed by atoms with E-state index in [1.807, 2.05) is 19.1 Å². The number of hydrogen-bond acceptors (Lipinski definition) is 4. The zero-order chi connectivity index (χ0) is 23.5. The van der Waals surface area contributed by atoms with Crippen LogP contribution in [0.5, 0.6) is 0 Å². The van der Waals surface area contributed by atoms with E-state index in [0.717, 1.165) is 34.6 Å². The van der Waals surface area contributed by atoms with Crippen molar-refractivity contribution in [3.8, 4) is 0 Å². The van der Waals surface area contributed by atoms with Crippen LogP contribution in [-0.2, 0) is 9.53 Å². The minimum Gasteiger partial charge on any atom is -0.370 e. The SMILES string of the molecule is Cc1cc(C2CCCN(C(=O)N(C(N)=O)c3ccc(Cl)cc3)C2)ccc1N1CCOCC1=O. The van der Waals surface area contributed by atoms with E-state index in [4.69, 9.17) is 22.1 Å². The number of primary amides is 1. The third-order valence-electron chi connectivity index (χ3n) is 6.16. The van der Waals surface area contributed by atoms with E-state index in [-0.39, 0.29) is 18.4 Å². The molecule has 0 radical (unpaired) electrons. The fraction of sp³-hybridized carbons (Fsp3) is 0.375. The molecule has 0 bridgehead atoms. The molecule has 2 aromatic rings. The Hall–Kier alpha value is -3.10. The quantitative estimate of drug-likeness (QED) is 0.735. The van der Waals surface area contributed by atoms with Crippen LogP contribution in [0.1, 0.15) is 29.9 Å². The van der Waals surface area contributed by atoms with Crippen LogP contribution < -0.4 is 15.5 Å². The van der Waals surface area contributed by atoms with Crippen LogP contribution in [0.4, 0.5) is 21.0 Å². The molecule has 2 aliphatic heterocycles. The summed E-state index contributed by atoms with van der Waals surface area (Å²) in [6.07, 6.45) is 1.74. The van der Waals surface area contributed by atoms with Gasteiger partial charge in [-0.1, -0.05) is 23.7 Å². The molecule has 9 heteroatoms. The maximum atomic E-state index is 13.2. The van der Waals surface area contributed by atoms with Crippen LogP contribution in [0.3, 0.4) is 0 Å². The molecule has 0 aliphatic carbocycles. The van der Waals surface area contributed by atoms with Gasteiger partial charge in [-0.3, -0.25) is 4.79 Å². The molecule has 2 saturated heterocycles. The highest BCUT2D eigenvalue weighted by atomic mass is 35.5. The second kappa shape index (κ2) is 9.80. The molecule has 2 N–H and O–H groups in total. The Morgan fingerprint density at radius 1 is 1.15 bits per heavy atom. The summed E-state index contributed by atoms with van der Waals surface area (Å²) >= 11 is 5.93. The molecule has 0 saturated carbocycles. The molecule has 1 unspecified atom stereocenters. The van der Waals surface area contributed by atoms with Crippen LogP contribution in [-0.4, -0.2) is 55.7 Å². The third kappa shape index (κ3) is 4.96. The first-order valence-corrected chi connectivity index (χ1v) is 11.4. The number of imide groups is 1. The van der Waals surface area contributed by atoms with Crippen molar-refractivity contribution in [1.29, 1.82) is 0 Å². The Balaban J connectivity index is 1.51. The molecule has 2 heterocycles. The minimum absolute atomic E-state index is 0.0414. The van der Waals surface area contributed by atoms with E-state index in [9.17, 15) is 14.4 Å². The Bertz CT molecular complexity index is 1060. The summed E-state index contributed by atoms with van der Waals surface area (Å²) in [7, 11) is 0. The zero-order valence-corrected chi connectivity index (χ0v) is 19.3. The molecular formula is C24H27ClN4O4. The van der Waals surface area contributed by atoms with E-state index >= 15 is 0 Å². The molecule has 0 spiro atoms. The Kier molecular flexibility index (Phi) is 6.85. The first-order valence-electron chi connectivity index (χ1n) is 11.0. The second-order valence-electron chi connectivity index (χ2n) is 8.36. The summed E-state index contributed by atoms with van der Waals surface area (Å²) in [5, 5.41) is 0.506. The Morgan fingerprint density at radius 3 is 2.58 bits per heavy atom. The van der Waals surface area contributed by atoms with Crippen LogP contribution in [0.2, 0.25) is 5.02 Å². The van der Waals surface area contributed by atoms with Crippen molar-refractivity contribution in [2.24, 2.45) is 5.73 Å². The van der Waals surface area contributed by atoms with E-state index in [1.165, 1.54) is 0 Å². The summed E-state index contributed by atoms with van der Waals surface area (Å²) in [5.74, 6) is 0.0797. The van der Waals surface area contributed by atoms with Gasteiger partial charge in [-0.25, -0.2) is 14.5 Å². The zero-order valence-electron chi connectivity index (χ0n) is 18.5. The van der Waals surface area contributed by atoms with Crippen molar-refractivity contribution in [1.82, 2.24) is 4.90 Å². The van der Waals surface area contributed by atoms with Crippen molar-refractivity contribution in [2.45, 2.75) is 25.7 Å². The number of morpholine rings is 1. The number of nitrogens with two attached hydrogens (primary N) is 1. The number of benzene rings is 2. The number of hydrogen-bond donors (Lipinski definition) is 1. The fourth-order valence-corrected chi connectivity index (χ4v) is 4.62. The summed E-state index contributed by atoms with van der Waals surface area (Å²) in [6, 6.07) is 11.2. The first-order chi connectivity index (χ1) is 15.8. The molecule has 4 rings (SSSR count). The topological polar surface area (TPSA) is 96.2 Å². The summed E-state index contributed by atoms with van der Waals surface area (Å²) in [6.45, 7) is 4.18. The molecule has 0 aromatic heterocycles. The van der Waals surface area contributed by atoms with Crippen molar-refractivity contribution in [3.63, 3.8) is 0 Å². The summed E-state index contributed by atoms with van der Waals surface area (Å²) in [4.78, 5) is 42.0. The largest absolute Gasteiger partial charge is 0.370 e. The minimum atomic E-state index is -0.833. The number of piperidine rings is 1. The Labute approximate surface area is 197 Å². The molecule has 1 atom stereocenters. The van der Waals surface area contributed by atoms with Crippen LogP contribution in [0, 0.1) is 6.92 Å². The van der Waals surface area contributed by atoms with Gasteiger partial charge < -0.3 is 20.3 Å². The molecule has 33 heavy (non-hydrogen) atoms. The van der Waals surface area contributed by atoms with Gasteiger partial charge >= 0.3 is 12.1 Å². The number of carbonyl (C=O) groups is 3. The van der Waals surface area contributed by atoms with Crippen LogP contribution in [0.15, 0.2) is 42.5 Å². The molecule has 174 valence electrons. The molecule has 2 aliphatic rings. The Morgan fingerprint density at radius 2 is 1.91 bits per heavy atom. The number of likely N-dealkylation sites (tertiary alicyclic amines) is 1. The number of carbonyl (C=O) groups excluding carboxylic acids is 3. The predicted octanol–water partition coefficient (Wildman–Crippen LogP) is 3.90. The summed E-state index contributed by atoms with van der Waals surface area (Å²) < 4.78 is 5.23. The van der Waals surface area contributed by atoms with Gasteiger partial charge in [0.1, 0.15) is 6.61 Å². The number of rotatable bonds is 3. The molecule has 8 nitrogen and oxygen atoms in total. The fourth-order valence-electron chi connectivity index (χ4n) is 4.49. The van der Waals surface area contributed by atoms with E-state index in [1.54, 1.807) is 34.1 Å². The number of halogens is 1. The highest BCUT2D eigenvalue weighted by Gasteiger charge is 2.31. The van der Waals surface area contributed by atoms with Gasteiger partial charge in [0, 0.05) is 36.3 Å². The van der Waals surface area contributed by atoms with Gasteiger partial charge in [-0.15, -0.1) is 0 Å². The lowest BCUT2D eigenvalue weighted by atomic mass is 9.89. The van der Waals surface area contributed by atoms with Crippen LogP contribution >= 0.6 is 11.6 Å². The highest BCUT2D eigenvalue weighted by Crippen LogP contribution is 2.32. The van der Waals surface area contributed by atoms with Crippen molar-refractivity contribution in [3.05, 3.63) is 58.6 Å². The monoisotopic (exact) mass is 470 g/mol.